The molecule has 8 nitrogen and oxygen atoms in total. The summed E-state index contributed by atoms with van der Waals surface area (Å²) in [7, 11) is 1.61. The van der Waals surface area contributed by atoms with Gasteiger partial charge in [0.25, 0.3) is 5.56 Å². The quantitative estimate of drug-likeness (QED) is 0.355. The molecule has 0 unspecified atom stereocenters. The summed E-state index contributed by atoms with van der Waals surface area (Å²) in [6.45, 7) is 2.28. The summed E-state index contributed by atoms with van der Waals surface area (Å²) in [5, 5.41) is 2.54. The molecule has 0 saturated heterocycles. The average Bonchev–Trinajstić information content (AvgIpc) is 3.35. The lowest BCUT2D eigenvalue weighted by Crippen LogP contribution is -2.19. The van der Waals surface area contributed by atoms with Crippen LogP contribution in [0.3, 0.4) is 0 Å². The van der Waals surface area contributed by atoms with Crippen molar-refractivity contribution in [3.63, 3.8) is 0 Å². The Kier molecular flexibility index (Phi) is 7.46. The van der Waals surface area contributed by atoms with E-state index in [0.717, 1.165) is 21.9 Å². The van der Waals surface area contributed by atoms with Crippen LogP contribution in [0.5, 0.6) is 5.75 Å². The zero-order valence-electron chi connectivity index (χ0n) is 18.7. The Morgan fingerprint density at radius 2 is 1.85 bits per heavy atom. The second-order valence-corrected chi connectivity index (χ2v) is 8.10. The number of hydrogen-bond acceptors (Lipinski definition) is 8. The van der Waals surface area contributed by atoms with Gasteiger partial charge < -0.3 is 19.2 Å². The second-order valence-electron chi connectivity index (χ2n) is 7.24. The van der Waals surface area contributed by atoms with Gasteiger partial charge in [0.2, 0.25) is 0 Å². The highest BCUT2D eigenvalue weighted by molar-refractivity contribution is 7.13. The number of H-pyrrole nitrogens is 1. The maximum absolute atomic E-state index is 12.9. The minimum atomic E-state index is -0.535. The van der Waals surface area contributed by atoms with Crippen LogP contribution in [0, 0.1) is 0 Å². The number of rotatable bonds is 9. The Bertz CT molecular complexity index is 1320. The van der Waals surface area contributed by atoms with E-state index in [1.807, 2.05) is 36.4 Å². The number of benzene rings is 1. The van der Waals surface area contributed by atoms with Crippen LogP contribution in [0.4, 0.5) is 0 Å². The van der Waals surface area contributed by atoms with Gasteiger partial charge in [0, 0.05) is 23.3 Å². The van der Waals surface area contributed by atoms with Crippen LogP contribution < -0.4 is 10.3 Å². The van der Waals surface area contributed by atoms with E-state index in [-0.39, 0.29) is 24.3 Å². The van der Waals surface area contributed by atoms with E-state index in [2.05, 4.69) is 15.0 Å². The lowest BCUT2D eigenvalue weighted by Gasteiger charge is -2.11. The van der Waals surface area contributed by atoms with Gasteiger partial charge in [-0.2, -0.15) is 0 Å². The summed E-state index contributed by atoms with van der Waals surface area (Å²) < 4.78 is 16.1. The monoisotopic (exact) mass is 477 g/mol. The third-order valence-electron chi connectivity index (χ3n) is 5.00. The van der Waals surface area contributed by atoms with Crippen molar-refractivity contribution in [2.75, 3.05) is 13.7 Å². The fourth-order valence-corrected chi connectivity index (χ4v) is 4.11. The maximum atomic E-state index is 12.9. The first-order valence-corrected chi connectivity index (χ1v) is 11.5. The summed E-state index contributed by atoms with van der Waals surface area (Å²) in [6, 6.07) is 12.7. The number of nitrogens with one attached hydrogen (secondary N) is 1. The molecule has 1 N–H and O–H groups in total. The molecular formula is C25H23N3O5S. The van der Waals surface area contributed by atoms with Crippen molar-refractivity contribution < 1.29 is 19.0 Å². The molecule has 0 atom stereocenters. The fraction of sp³-hybridized carbons (Fsp3) is 0.200. The fourth-order valence-electron chi connectivity index (χ4n) is 3.28. The van der Waals surface area contributed by atoms with E-state index in [0.29, 0.717) is 23.6 Å². The Morgan fingerprint density at radius 1 is 1.09 bits per heavy atom. The van der Waals surface area contributed by atoms with E-state index in [1.54, 1.807) is 31.8 Å². The first kappa shape index (κ1) is 23.3. The first-order chi connectivity index (χ1) is 16.6. The zero-order valence-corrected chi connectivity index (χ0v) is 19.6. The van der Waals surface area contributed by atoms with Crippen molar-refractivity contribution in [1.29, 1.82) is 0 Å². The third kappa shape index (κ3) is 5.38. The predicted octanol–water partition coefficient (Wildman–Crippen LogP) is 4.46. The van der Waals surface area contributed by atoms with Gasteiger partial charge >= 0.3 is 5.97 Å². The maximum Gasteiger partial charge on any atom is 0.340 e. The molecule has 1 aromatic carbocycles. The minimum absolute atomic E-state index is 0.0367. The topological polar surface area (TPSA) is 103 Å². The average molecular weight is 478 g/mol. The Hall–Kier alpha value is -3.82. The molecule has 0 bridgehead atoms. The first-order valence-electron chi connectivity index (χ1n) is 10.6. The number of carbonyl (C=O) groups is 1. The number of carbonyl (C=O) groups excluding carboxylic acids is 1. The number of esters is 1. The van der Waals surface area contributed by atoms with Crippen molar-refractivity contribution in [2.24, 2.45) is 0 Å². The number of aromatic amines is 1. The SMILES string of the molecule is CCOC(=O)c1cc(-c2csc(-c3ccncc3)n2)c(=O)[nH]c1COCc1ccc(OC)cc1. The lowest BCUT2D eigenvalue weighted by atomic mass is 10.1. The van der Waals surface area contributed by atoms with Crippen LogP contribution in [0.2, 0.25) is 0 Å². The van der Waals surface area contributed by atoms with Crippen LogP contribution in [-0.2, 0) is 22.7 Å². The summed E-state index contributed by atoms with van der Waals surface area (Å²) >= 11 is 1.41. The molecule has 0 amide bonds. The van der Waals surface area contributed by atoms with Gasteiger partial charge in [0.1, 0.15) is 10.8 Å². The molecule has 0 aliphatic heterocycles. The van der Waals surface area contributed by atoms with E-state index in [9.17, 15) is 9.59 Å². The largest absolute Gasteiger partial charge is 0.497 e. The molecule has 0 radical (unpaired) electrons. The number of pyridine rings is 2. The number of methoxy groups -OCH3 is 1. The van der Waals surface area contributed by atoms with Crippen molar-refractivity contribution >= 4 is 17.3 Å². The van der Waals surface area contributed by atoms with Gasteiger partial charge in [-0.3, -0.25) is 9.78 Å². The molecule has 4 aromatic rings. The number of ether oxygens (including phenoxy) is 3. The van der Waals surface area contributed by atoms with E-state index in [4.69, 9.17) is 14.2 Å². The molecule has 0 aliphatic rings. The van der Waals surface area contributed by atoms with Gasteiger partial charge in [0.15, 0.2) is 0 Å². The summed E-state index contributed by atoms with van der Waals surface area (Å²) in [4.78, 5) is 36.9. The Morgan fingerprint density at radius 3 is 2.56 bits per heavy atom. The number of hydrogen-bond donors (Lipinski definition) is 1. The van der Waals surface area contributed by atoms with Crippen LogP contribution in [0.1, 0.15) is 28.5 Å². The van der Waals surface area contributed by atoms with E-state index >= 15 is 0 Å². The Balaban J connectivity index is 1.59. The van der Waals surface area contributed by atoms with Crippen LogP contribution in [0.25, 0.3) is 21.8 Å². The van der Waals surface area contributed by atoms with Crippen molar-refractivity contribution in [2.45, 2.75) is 20.1 Å². The van der Waals surface area contributed by atoms with Crippen molar-refractivity contribution in [3.8, 4) is 27.6 Å². The molecule has 34 heavy (non-hydrogen) atoms. The summed E-state index contributed by atoms with van der Waals surface area (Å²) in [6.07, 6.45) is 3.37. The van der Waals surface area contributed by atoms with E-state index in [1.165, 1.54) is 17.4 Å². The zero-order chi connectivity index (χ0) is 23.9. The molecule has 9 heteroatoms. The molecule has 3 aromatic heterocycles. The highest BCUT2D eigenvalue weighted by Gasteiger charge is 2.19. The van der Waals surface area contributed by atoms with Crippen molar-refractivity contribution in [1.82, 2.24) is 15.0 Å². The second kappa shape index (κ2) is 10.9. The highest BCUT2D eigenvalue weighted by Crippen LogP contribution is 2.28. The van der Waals surface area contributed by atoms with Gasteiger partial charge in [-0.15, -0.1) is 11.3 Å². The Labute approximate surface area is 200 Å². The summed E-state index contributed by atoms with van der Waals surface area (Å²) in [5.74, 6) is 0.218. The summed E-state index contributed by atoms with van der Waals surface area (Å²) in [5.41, 5.74) is 2.84. The lowest BCUT2D eigenvalue weighted by molar-refractivity contribution is 0.0514. The smallest absolute Gasteiger partial charge is 0.340 e. The van der Waals surface area contributed by atoms with Gasteiger partial charge in [-0.05, 0) is 42.8 Å². The van der Waals surface area contributed by atoms with Gasteiger partial charge in [0.05, 0.1) is 49.4 Å². The molecule has 0 saturated carbocycles. The van der Waals surface area contributed by atoms with Gasteiger partial charge in [-0.1, -0.05) is 12.1 Å². The minimum Gasteiger partial charge on any atom is -0.497 e. The number of thiazole rings is 1. The third-order valence-corrected chi connectivity index (χ3v) is 5.89. The molecule has 0 fully saturated rings. The molecule has 3 heterocycles. The van der Waals surface area contributed by atoms with Crippen LogP contribution >= 0.6 is 11.3 Å². The molecule has 174 valence electrons. The van der Waals surface area contributed by atoms with Gasteiger partial charge in [-0.25, -0.2) is 9.78 Å². The highest BCUT2D eigenvalue weighted by atomic mass is 32.1. The molecular weight excluding hydrogens is 454 g/mol. The predicted molar refractivity (Wildman–Crippen MR) is 129 cm³/mol. The van der Waals surface area contributed by atoms with Crippen molar-refractivity contribution in [3.05, 3.63) is 87.4 Å². The van der Waals surface area contributed by atoms with Crippen LogP contribution in [-0.4, -0.2) is 34.6 Å². The number of aromatic nitrogens is 3. The molecule has 0 aliphatic carbocycles. The molecule has 0 spiro atoms. The van der Waals surface area contributed by atoms with E-state index < -0.39 is 5.97 Å². The normalized spacial score (nSPS) is 10.8. The molecule has 4 rings (SSSR count). The number of nitrogens with zero attached hydrogens (tertiary/aromatic N) is 2. The van der Waals surface area contributed by atoms with Crippen LogP contribution in [0.15, 0.2) is 65.0 Å². The standard InChI is InChI=1S/C25H23N3O5S/c1-3-33-25(30)20-12-19(22-15-34-24(28-22)17-8-10-26-11-9-17)23(29)27-21(20)14-32-13-16-4-6-18(31-2)7-5-16/h4-12,15H,3,13-14H2,1-2H3,(H,27,29).